The van der Waals surface area contributed by atoms with E-state index in [2.05, 4.69) is 5.32 Å². The Balaban J connectivity index is 1.37. The summed E-state index contributed by atoms with van der Waals surface area (Å²) in [5.74, 6) is 2.28. The average molecular weight is 534 g/mol. The molecule has 3 aromatic carbocycles. The first-order valence-electron chi connectivity index (χ1n) is 12.1. The van der Waals surface area contributed by atoms with E-state index in [0.717, 1.165) is 11.3 Å². The Bertz CT molecular complexity index is 1340. The van der Waals surface area contributed by atoms with Crippen LogP contribution in [0.1, 0.15) is 18.9 Å². The zero-order chi connectivity index (χ0) is 26.5. The van der Waals surface area contributed by atoms with Crippen LogP contribution in [-0.2, 0) is 16.1 Å². The third kappa shape index (κ3) is 5.86. The molecule has 1 fully saturated rings. The minimum Gasteiger partial charge on any atom is -0.497 e. The van der Waals surface area contributed by atoms with E-state index in [4.69, 9.17) is 23.9 Å². The lowest BCUT2D eigenvalue weighted by molar-refractivity contribution is -0.129. The summed E-state index contributed by atoms with van der Waals surface area (Å²) in [7, 11) is 1.59. The van der Waals surface area contributed by atoms with Crippen LogP contribution in [0.5, 0.6) is 23.0 Å². The zero-order valence-corrected chi connectivity index (χ0v) is 21.8. The number of thioether (sulfide) groups is 1. The second-order valence-corrected chi connectivity index (χ2v) is 9.69. The van der Waals surface area contributed by atoms with Crippen molar-refractivity contribution in [3.05, 3.63) is 72.3 Å². The van der Waals surface area contributed by atoms with Gasteiger partial charge in [-0.25, -0.2) is 4.99 Å². The first-order valence-corrected chi connectivity index (χ1v) is 13.0. The number of rotatable bonds is 8. The molecule has 1 N–H and O–H groups in total. The Morgan fingerprint density at radius 1 is 1.05 bits per heavy atom. The SMILES string of the molecule is CCOc1ccc(NC(=O)[C@H]2CC(=O)N(Cc3ccc4c(c3)OCO4)C(=Nc3ccc(OC)cc3)S2)cc1. The number of benzene rings is 3. The van der Waals surface area contributed by atoms with Crippen LogP contribution in [0, 0.1) is 0 Å². The third-order valence-electron chi connectivity index (χ3n) is 5.94. The predicted octanol–water partition coefficient (Wildman–Crippen LogP) is 4.98. The number of methoxy groups -OCH3 is 1. The van der Waals surface area contributed by atoms with Crippen LogP contribution < -0.4 is 24.3 Å². The molecule has 2 heterocycles. The van der Waals surface area contributed by atoms with Gasteiger partial charge in [0.15, 0.2) is 16.7 Å². The van der Waals surface area contributed by atoms with Crippen molar-refractivity contribution in [2.24, 2.45) is 4.99 Å². The number of amidine groups is 1. The molecule has 9 nitrogen and oxygen atoms in total. The van der Waals surface area contributed by atoms with Crippen molar-refractivity contribution in [2.75, 3.05) is 25.8 Å². The summed E-state index contributed by atoms with van der Waals surface area (Å²) in [6.45, 7) is 2.93. The number of ether oxygens (including phenoxy) is 4. The second-order valence-electron chi connectivity index (χ2n) is 8.52. The molecule has 0 unspecified atom stereocenters. The maximum atomic E-state index is 13.4. The van der Waals surface area contributed by atoms with E-state index < -0.39 is 5.25 Å². The van der Waals surface area contributed by atoms with Crippen LogP contribution >= 0.6 is 11.8 Å². The van der Waals surface area contributed by atoms with Crippen molar-refractivity contribution >= 4 is 40.1 Å². The predicted molar refractivity (Wildman–Crippen MR) is 145 cm³/mol. The number of carbonyl (C=O) groups is 2. The Labute approximate surface area is 224 Å². The third-order valence-corrected chi connectivity index (χ3v) is 7.13. The van der Waals surface area contributed by atoms with Crippen LogP contribution in [-0.4, -0.2) is 47.6 Å². The van der Waals surface area contributed by atoms with Gasteiger partial charge in [0, 0.05) is 12.1 Å². The highest BCUT2D eigenvalue weighted by molar-refractivity contribution is 8.15. The summed E-state index contributed by atoms with van der Waals surface area (Å²) in [5, 5.41) is 2.71. The summed E-state index contributed by atoms with van der Waals surface area (Å²) in [4.78, 5) is 32.9. The maximum Gasteiger partial charge on any atom is 0.238 e. The van der Waals surface area contributed by atoms with Gasteiger partial charge >= 0.3 is 0 Å². The fraction of sp³-hybridized carbons (Fsp3) is 0.250. The number of anilines is 1. The van der Waals surface area contributed by atoms with E-state index in [9.17, 15) is 9.59 Å². The van der Waals surface area contributed by atoms with E-state index in [1.807, 2.05) is 25.1 Å². The second kappa shape index (κ2) is 11.5. The summed E-state index contributed by atoms with van der Waals surface area (Å²) in [6, 6.07) is 19.9. The molecule has 0 aliphatic carbocycles. The number of carbonyl (C=O) groups excluding carboxylic acids is 2. The highest BCUT2D eigenvalue weighted by Crippen LogP contribution is 2.35. The lowest BCUT2D eigenvalue weighted by atomic mass is 10.1. The molecular formula is C28H27N3O6S. The molecule has 196 valence electrons. The van der Waals surface area contributed by atoms with Gasteiger partial charge in [-0.2, -0.15) is 0 Å². The summed E-state index contributed by atoms with van der Waals surface area (Å²) >= 11 is 1.26. The minimum atomic E-state index is -0.640. The number of hydrogen-bond donors (Lipinski definition) is 1. The molecule has 5 rings (SSSR count). The van der Waals surface area contributed by atoms with Crippen LogP contribution in [0.2, 0.25) is 0 Å². The number of fused-ring (bicyclic) bond motifs is 1. The molecule has 3 aromatic rings. The Morgan fingerprint density at radius 3 is 2.53 bits per heavy atom. The highest BCUT2D eigenvalue weighted by atomic mass is 32.2. The molecule has 2 aliphatic rings. The van der Waals surface area contributed by atoms with Gasteiger partial charge < -0.3 is 24.3 Å². The quantitative estimate of drug-likeness (QED) is 0.436. The fourth-order valence-electron chi connectivity index (χ4n) is 4.01. The molecule has 1 saturated heterocycles. The van der Waals surface area contributed by atoms with Crippen LogP contribution in [0.3, 0.4) is 0 Å². The Kier molecular flexibility index (Phi) is 7.69. The van der Waals surface area contributed by atoms with E-state index in [1.165, 1.54) is 11.8 Å². The van der Waals surface area contributed by atoms with Crippen molar-refractivity contribution in [3.8, 4) is 23.0 Å². The standard InChI is InChI=1S/C28H27N3O6S/c1-3-35-22-11-7-19(8-12-22)29-27(33)25-15-26(32)31(16-18-4-13-23-24(14-18)37-17-36-23)28(38-25)30-20-5-9-21(34-2)10-6-20/h4-14,25H,3,15-17H2,1-2H3,(H,29,33)/t25-/m1/s1. The monoisotopic (exact) mass is 533 g/mol. The normalized spacial score (nSPS) is 17.4. The van der Waals surface area contributed by atoms with Gasteiger partial charge in [-0.1, -0.05) is 17.8 Å². The van der Waals surface area contributed by atoms with Gasteiger partial charge in [-0.15, -0.1) is 0 Å². The molecule has 1 atom stereocenters. The van der Waals surface area contributed by atoms with Crippen LogP contribution in [0.4, 0.5) is 11.4 Å². The van der Waals surface area contributed by atoms with E-state index in [-0.39, 0.29) is 31.6 Å². The molecule has 0 spiro atoms. The maximum absolute atomic E-state index is 13.4. The van der Waals surface area contributed by atoms with Gasteiger partial charge in [-0.05, 0) is 73.2 Å². The molecule has 38 heavy (non-hydrogen) atoms. The topological polar surface area (TPSA) is 98.7 Å². The molecular weight excluding hydrogens is 506 g/mol. The summed E-state index contributed by atoms with van der Waals surface area (Å²) in [6.07, 6.45) is 0.0414. The summed E-state index contributed by atoms with van der Waals surface area (Å²) in [5.41, 5.74) is 2.13. The van der Waals surface area contributed by atoms with Gasteiger partial charge in [0.25, 0.3) is 0 Å². The van der Waals surface area contributed by atoms with Gasteiger partial charge in [0.1, 0.15) is 16.7 Å². The fourth-order valence-corrected chi connectivity index (χ4v) is 5.11. The number of amides is 2. The number of aliphatic imine (C=N–C) groups is 1. The van der Waals surface area contributed by atoms with Crippen molar-refractivity contribution < 1.29 is 28.5 Å². The lowest BCUT2D eigenvalue weighted by Gasteiger charge is -2.32. The van der Waals surface area contributed by atoms with Crippen molar-refractivity contribution in [1.82, 2.24) is 4.90 Å². The average Bonchev–Trinajstić information content (AvgIpc) is 3.40. The zero-order valence-electron chi connectivity index (χ0n) is 21.0. The lowest BCUT2D eigenvalue weighted by Crippen LogP contribution is -2.44. The molecule has 0 aromatic heterocycles. The number of hydrogen-bond acceptors (Lipinski definition) is 8. The van der Waals surface area contributed by atoms with Gasteiger partial charge in [0.05, 0.1) is 25.9 Å². The van der Waals surface area contributed by atoms with Crippen molar-refractivity contribution in [2.45, 2.75) is 25.1 Å². The molecule has 2 aliphatic heterocycles. The Hall–Kier alpha value is -4.18. The summed E-state index contributed by atoms with van der Waals surface area (Å²) < 4.78 is 21.6. The van der Waals surface area contributed by atoms with Gasteiger partial charge in [0.2, 0.25) is 18.6 Å². The molecule has 0 radical (unpaired) electrons. The van der Waals surface area contributed by atoms with E-state index in [1.54, 1.807) is 60.5 Å². The van der Waals surface area contributed by atoms with E-state index >= 15 is 0 Å². The molecule has 10 heteroatoms. The Morgan fingerprint density at radius 2 is 1.79 bits per heavy atom. The van der Waals surface area contributed by atoms with Crippen LogP contribution in [0.15, 0.2) is 71.7 Å². The van der Waals surface area contributed by atoms with Gasteiger partial charge in [-0.3, -0.25) is 14.5 Å². The number of nitrogens with one attached hydrogen (secondary N) is 1. The molecule has 0 saturated carbocycles. The van der Waals surface area contributed by atoms with E-state index in [0.29, 0.717) is 40.4 Å². The largest absolute Gasteiger partial charge is 0.497 e. The van der Waals surface area contributed by atoms with Crippen molar-refractivity contribution in [3.63, 3.8) is 0 Å². The molecule has 0 bridgehead atoms. The van der Waals surface area contributed by atoms with Crippen molar-refractivity contribution in [1.29, 1.82) is 0 Å². The van der Waals surface area contributed by atoms with Crippen LogP contribution in [0.25, 0.3) is 0 Å². The first-order chi connectivity index (χ1) is 18.5. The minimum absolute atomic E-state index is 0.0414. The first kappa shape index (κ1) is 25.5. The smallest absolute Gasteiger partial charge is 0.238 e. The molecule has 2 amide bonds. The number of nitrogens with zero attached hydrogens (tertiary/aromatic N) is 2. The highest BCUT2D eigenvalue weighted by Gasteiger charge is 2.36.